The maximum atomic E-state index is 14.4. The summed E-state index contributed by atoms with van der Waals surface area (Å²) in [6.07, 6.45) is 1.92. The summed E-state index contributed by atoms with van der Waals surface area (Å²) in [5, 5.41) is 23.6. The van der Waals surface area contributed by atoms with E-state index in [1.54, 1.807) is 29.8 Å². The Hall–Kier alpha value is -3.54. The molecule has 3 aliphatic heterocycles. The molecular formula is C42H67N7O9. The average molecular weight is 814 g/mol. The standard InChI is InChI=1S/C42H67N7O9/c1-12-33-42(8)36(49(40(53)58-42)20-16-15-19-48-24-31(45-46-48)30-17-13-14-18-43-30)29(6)44-23-25(2)22-41(7,54-11)37(27(4)34(50)28(5)38(52)56-33)57-39-35(51)32(47(9)10)21-26(3)55-39/h13-14,17-18,24-29,32-33,35-37,39,44,51H,12,15-16,19-23H2,1-11H3/t25-,26-,27-,28?,29-,32?,33-,35?,36-,37-,39+,41-,42-/m1/s1. The number of carbonyl (C=O) groups excluding carboxylic acids is 3. The largest absolute Gasteiger partial charge is 0.458 e. The summed E-state index contributed by atoms with van der Waals surface area (Å²) < 4.78 is 33.3. The minimum Gasteiger partial charge on any atom is -0.458 e. The Morgan fingerprint density at radius 2 is 1.78 bits per heavy atom. The SMILES string of the molecule is CC[C@H]1OC(=O)C(C)C(=O)[C@@H](C)[C@@H](O[C@@H]2O[C@H](C)CC(N(C)C)C2O)[C@](C)(OC)C[C@@H](C)CN[C@H](C)[C@H]2N(CCCCn3cc(-c4ccccn4)nn3)C(=O)O[C@]12C. The van der Waals surface area contributed by atoms with Crippen LogP contribution in [0, 0.1) is 17.8 Å². The van der Waals surface area contributed by atoms with Crippen LogP contribution < -0.4 is 5.32 Å². The first-order chi connectivity index (χ1) is 27.4. The highest BCUT2D eigenvalue weighted by Crippen LogP contribution is 2.40. The van der Waals surface area contributed by atoms with Gasteiger partial charge in [0.05, 0.1) is 35.7 Å². The molecule has 324 valence electrons. The van der Waals surface area contributed by atoms with Gasteiger partial charge in [0, 0.05) is 44.4 Å². The average Bonchev–Trinajstić information content (AvgIpc) is 3.77. The van der Waals surface area contributed by atoms with Crippen molar-refractivity contribution in [1.29, 1.82) is 0 Å². The number of fused-ring (bicyclic) bond motifs is 1. The smallest absolute Gasteiger partial charge is 0.410 e. The van der Waals surface area contributed by atoms with E-state index in [0.717, 1.165) is 12.1 Å². The molecule has 1 amide bonds. The van der Waals surface area contributed by atoms with E-state index in [1.807, 2.05) is 78.0 Å². The molecule has 0 bridgehead atoms. The van der Waals surface area contributed by atoms with Gasteiger partial charge in [-0.25, -0.2) is 4.79 Å². The molecule has 3 aliphatic rings. The van der Waals surface area contributed by atoms with Crippen molar-refractivity contribution in [2.75, 3.05) is 34.3 Å². The number of hydrogen-bond donors (Lipinski definition) is 2. The Balaban J connectivity index is 1.38. The van der Waals surface area contributed by atoms with E-state index in [4.69, 9.17) is 23.7 Å². The number of aryl methyl sites for hydroxylation is 1. The number of cyclic esters (lactones) is 1. The molecule has 0 aliphatic carbocycles. The third kappa shape index (κ3) is 9.90. The zero-order valence-electron chi connectivity index (χ0n) is 36.3. The molecule has 5 rings (SSSR count). The van der Waals surface area contributed by atoms with Crippen molar-refractivity contribution in [3.05, 3.63) is 30.6 Å². The summed E-state index contributed by atoms with van der Waals surface area (Å²) in [7, 11) is 5.39. The van der Waals surface area contributed by atoms with E-state index < -0.39 is 71.5 Å². The van der Waals surface area contributed by atoms with Gasteiger partial charge in [-0.3, -0.25) is 24.2 Å². The Labute approximate surface area is 343 Å². The molecule has 16 nitrogen and oxygen atoms in total. The van der Waals surface area contributed by atoms with Gasteiger partial charge in [0.25, 0.3) is 0 Å². The summed E-state index contributed by atoms with van der Waals surface area (Å²) in [5.41, 5.74) is -0.833. The van der Waals surface area contributed by atoms with E-state index in [0.29, 0.717) is 51.0 Å². The summed E-state index contributed by atoms with van der Waals surface area (Å²) in [5.74, 6) is -3.15. The van der Waals surface area contributed by atoms with E-state index in [1.165, 1.54) is 6.92 Å². The number of aromatic nitrogens is 4. The maximum absolute atomic E-state index is 14.4. The van der Waals surface area contributed by atoms with Crippen LogP contribution in [0.3, 0.4) is 0 Å². The van der Waals surface area contributed by atoms with Crippen molar-refractivity contribution in [3.63, 3.8) is 0 Å². The molecule has 0 radical (unpaired) electrons. The van der Waals surface area contributed by atoms with E-state index in [9.17, 15) is 19.5 Å². The number of amides is 1. The first-order valence-electron chi connectivity index (χ1n) is 20.9. The van der Waals surface area contributed by atoms with Crippen molar-refractivity contribution in [3.8, 4) is 11.4 Å². The van der Waals surface area contributed by atoms with Gasteiger partial charge >= 0.3 is 12.1 Å². The molecule has 58 heavy (non-hydrogen) atoms. The zero-order valence-corrected chi connectivity index (χ0v) is 36.3. The summed E-state index contributed by atoms with van der Waals surface area (Å²) in [6.45, 7) is 16.4. The van der Waals surface area contributed by atoms with E-state index in [-0.39, 0.29) is 24.1 Å². The quantitative estimate of drug-likeness (QED) is 0.188. The minimum atomic E-state index is -1.23. The van der Waals surface area contributed by atoms with Crippen LogP contribution in [0.5, 0.6) is 0 Å². The van der Waals surface area contributed by atoms with Crippen molar-refractivity contribution in [2.45, 2.75) is 154 Å². The predicted molar refractivity (Wildman–Crippen MR) is 215 cm³/mol. The Morgan fingerprint density at radius 3 is 2.43 bits per heavy atom. The highest BCUT2D eigenvalue weighted by atomic mass is 16.7. The van der Waals surface area contributed by atoms with Crippen LogP contribution in [0.2, 0.25) is 0 Å². The van der Waals surface area contributed by atoms with Crippen LogP contribution in [0.15, 0.2) is 30.6 Å². The molecule has 3 unspecified atom stereocenters. The molecule has 13 atom stereocenters. The van der Waals surface area contributed by atoms with Crippen LogP contribution in [-0.2, 0) is 39.8 Å². The number of esters is 1. The monoisotopic (exact) mass is 814 g/mol. The number of carbonyl (C=O) groups is 3. The molecule has 3 fully saturated rings. The zero-order chi connectivity index (χ0) is 42.5. The third-order valence-corrected chi connectivity index (χ3v) is 12.6. The fourth-order valence-electron chi connectivity index (χ4n) is 9.25. The molecule has 3 saturated heterocycles. The molecule has 0 spiro atoms. The second-order valence-electron chi connectivity index (χ2n) is 17.4. The number of pyridine rings is 1. The number of aliphatic hydroxyl groups is 1. The van der Waals surface area contributed by atoms with Crippen LogP contribution in [0.4, 0.5) is 4.79 Å². The Morgan fingerprint density at radius 1 is 1.05 bits per heavy atom. The lowest BCUT2D eigenvalue weighted by Gasteiger charge is -2.46. The topological polar surface area (TPSA) is 180 Å². The van der Waals surface area contributed by atoms with E-state index >= 15 is 0 Å². The Bertz CT molecular complexity index is 1680. The van der Waals surface area contributed by atoms with Gasteiger partial charge in [0.1, 0.15) is 23.8 Å². The lowest BCUT2D eigenvalue weighted by Crippen LogP contribution is -2.61. The third-order valence-electron chi connectivity index (χ3n) is 12.6. The lowest BCUT2D eigenvalue weighted by atomic mass is 9.78. The maximum Gasteiger partial charge on any atom is 0.410 e. The number of hydrogen-bond acceptors (Lipinski definition) is 14. The van der Waals surface area contributed by atoms with Gasteiger partial charge in [-0.05, 0) is 105 Å². The van der Waals surface area contributed by atoms with Crippen molar-refractivity contribution < 1.29 is 43.2 Å². The molecule has 0 aromatic carbocycles. The summed E-state index contributed by atoms with van der Waals surface area (Å²) in [6, 6.07) is 4.61. The number of Topliss-reactive ketones (excluding diaryl/α,β-unsaturated/α-hetero) is 1. The van der Waals surface area contributed by atoms with Gasteiger partial charge in [-0.2, -0.15) is 0 Å². The van der Waals surface area contributed by atoms with Crippen molar-refractivity contribution in [1.82, 2.24) is 35.1 Å². The second-order valence-corrected chi connectivity index (χ2v) is 17.4. The number of rotatable bonds is 11. The summed E-state index contributed by atoms with van der Waals surface area (Å²) in [4.78, 5) is 50.2. The normalized spacial score (nSPS) is 36.9. The van der Waals surface area contributed by atoms with Gasteiger partial charge < -0.3 is 39.0 Å². The molecule has 2 aromatic heterocycles. The molecular weight excluding hydrogens is 747 g/mol. The molecule has 5 heterocycles. The number of ether oxygens (including phenoxy) is 5. The second kappa shape index (κ2) is 19.2. The molecule has 2 aromatic rings. The van der Waals surface area contributed by atoms with Gasteiger partial charge in [-0.15, -0.1) is 5.10 Å². The lowest BCUT2D eigenvalue weighted by molar-refractivity contribution is -0.295. The van der Waals surface area contributed by atoms with Crippen molar-refractivity contribution >= 4 is 17.8 Å². The van der Waals surface area contributed by atoms with Crippen LogP contribution in [0.1, 0.15) is 87.5 Å². The van der Waals surface area contributed by atoms with Gasteiger partial charge in [0.2, 0.25) is 0 Å². The summed E-state index contributed by atoms with van der Waals surface area (Å²) >= 11 is 0. The molecule has 2 N–H and O–H groups in total. The number of aliphatic hydroxyl groups excluding tert-OH is 1. The predicted octanol–water partition coefficient (Wildman–Crippen LogP) is 4.10. The van der Waals surface area contributed by atoms with Crippen molar-refractivity contribution in [2.24, 2.45) is 17.8 Å². The first-order valence-corrected chi connectivity index (χ1v) is 20.9. The van der Waals surface area contributed by atoms with Crippen LogP contribution in [0.25, 0.3) is 11.4 Å². The van der Waals surface area contributed by atoms with E-state index in [2.05, 4.69) is 27.5 Å². The van der Waals surface area contributed by atoms with Crippen LogP contribution in [-0.4, -0.2) is 147 Å². The number of unbranched alkanes of at least 4 members (excludes halogenated alkanes) is 1. The fourth-order valence-corrected chi connectivity index (χ4v) is 9.25. The fraction of sp³-hybridized carbons (Fsp3) is 0.762. The highest BCUT2D eigenvalue weighted by Gasteiger charge is 2.58. The Kier molecular flexibility index (Phi) is 15.1. The number of ketones is 1. The molecule has 16 heteroatoms. The number of methoxy groups -OCH3 is 1. The van der Waals surface area contributed by atoms with Gasteiger partial charge in [-0.1, -0.05) is 32.1 Å². The number of nitrogens with zero attached hydrogens (tertiary/aromatic N) is 6. The van der Waals surface area contributed by atoms with Gasteiger partial charge in [0.15, 0.2) is 17.7 Å². The first kappa shape index (κ1) is 45.5. The van der Waals surface area contributed by atoms with Crippen LogP contribution >= 0.6 is 0 Å². The number of nitrogens with one attached hydrogen (secondary N) is 1. The number of likely N-dealkylation sites (N-methyl/N-ethyl adjacent to an activating group) is 1. The highest BCUT2D eigenvalue weighted by molar-refractivity contribution is 6.00. The molecule has 0 saturated carbocycles. The minimum absolute atomic E-state index is 0.00904.